The highest BCUT2D eigenvalue weighted by molar-refractivity contribution is 14.1. The lowest BCUT2D eigenvalue weighted by atomic mass is 10.5. The second kappa shape index (κ2) is 3.32. The van der Waals surface area contributed by atoms with Gasteiger partial charge in [0, 0.05) is 0 Å². The Kier molecular flexibility index (Phi) is 2.88. The fourth-order valence-electron chi connectivity index (χ4n) is 0.503. The number of hydrogen-bond acceptors (Lipinski definition) is 1. The van der Waals surface area contributed by atoms with E-state index >= 15 is 0 Å². The molecular formula is C5H2ClF2IS. The highest BCUT2D eigenvalue weighted by Gasteiger charge is 2.14. The second-order valence-corrected chi connectivity index (χ2v) is 4.95. The maximum atomic E-state index is 12.0. The first-order chi connectivity index (χ1) is 4.61. The fourth-order valence-corrected chi connectivity index (χ4v) is 2.71. The lowest BCUT2D eigenvalue weighted by molar-refractivity contribution is 0.156. The number of hydrogen-bond donors (Lipinski definition) is 0. The van der Waals surface area contributed by atoms with Crippen LogP contribution in [0.15, 0.2) is 6.07 Å². The molecule has 0 nitrogen and oxygen atoms in total. The molecule has 10 heavy (non-hydrogen) atoms. The molecule has 0 saturated carbocycles. The van der Waals surface area contributed by atoms with E-state index in [9.17, 15) is 8.78 Å². The van der Waals surface area contributed by atoms with Gasteiger partial charge in [-0.25, -0.2) is 8.78 Å². The highest BCUT2D eigenvalue weighted by Crippen LogP contribution is 2.35. The van der Waals surface area contributed by atoms with Crippen molar-refractivity contribution < 1.29 is 8.78 Å². The Labute approximate surface area is 79.3 Å². The summed E-state index contributed by atoms with van der Waals surface area (Å²) in [6.07, 6.45) is -2.44. The Hall–Kier alpha value is 0.580. The molecule has 0 radical (unpaired) electrons. The van der Waals surface area contributed by atoms with Crippen LogP contribution in [0.5, 0.6) is 0 Å². The van der Waals surface area contributed by atoms with Crippen LogP contribution >= 0.6 is 45.5 Å². The van der Waals surface area contributed by atoms with Gasteiger partial charge in [-0.15, -0.1) is 11.3 Å². The van der Waals surface area contributed by atoms with Crippen molar-refractivity contribution in [3.63, 3.8) is 0 Å². The molecule has 56 valence electrons. The van der Waals surface area contributed by atoms with E-state index in [-0.39, 0.29) is 9.90 Å². The molecule has 1 heterocycles. The average molecular weight is 294 g/mol. The zero-order valence-electron chi connectivity index (χ0n) is 4.57. The van der Waals surface area contributed by atoms with Crippen molar-refractivity contribution in [3.05, 3.63) is 18.9 Å². The third-order valence-electron chi connectivity index (χ3n) is 0.881. The Balaban J connectivity index is 3.03. The van der Waals surface area contributed by atoms with Gasteiger partial charge in [0.15, 0.2) is 0 Å². The minimum absolute atomic E-state index is 0.0360. The smallest absolute Gasteiger partial charge is 0.204 e. The zero-order valence-corrected chi connectivity index (χ0v) is 8.30. The lowest BCUT2D eigenvalue weighted by Gasteiger charge is -1.91. The van der Waals surface area contributed by atoms with Gasteiger partial charge < -0.3 is 0 Å². The average Bonchev–Trinajstić information content (AvgIpc) is 2.10. The minimum Gasteiger partial charge on any atom is -0.204 e. The second-order valence-electron chi connectivity index (χ2n) is 1.56. The molecule has 0 fully saturated rings. The van der Waals surface area contributed by atoms with Crippen molar-refractivity contribution in [1.29, 1.82) is 0 Å². The van der Waals surface area contributed by atoms with E-state index < -0.39 is 6.43 Å². The largest absolute Gasteiger partial charge is 0.274 e. The summed E-state index contributed by atoms with van der Waals surface area (Å²) in [7, 11) is 0. The molecular weight excluding hydrogens is 292 g/mol. The van der Waals surface area contributed by atoms with Gasteiger partial charge in [0.2, 0.25) is 0 Å². The van der Waals surface area contributed by atoms with E-state index in [2.05, 4.69) is 0 Å². The summed E-state index contributed by atoms with van der Waals surface area (Å²) in [4.78, 5) is -0.0360. The molecule has 0 N–H and O–H groups in total. The summed E-state index contributed by atoms with van der Waals surface area (Å²) in [6, 6.07) is 1.54. The minimum atomic E-state index is -2.44. The summed E-state index contributed by atoms with van der Waals surface area (Å²) in [5.41, 5.74) is 0. The third-order valence-corrected chi connectivity index (χ3v) is 3.21. The molecule has 0 amide bonds. The Morgan fingerprint density at radius 1 is 1.60 bits per heavy atom. The molecule has 1 aromatic rings. The third kappa shape index (κ3) is 1.79. The Morgan fingerprint density at radius 3 is 2.40 bits per heavy atom. The topological polar surface area (TPSA) is 0 Å². The first-order valence-electron chi connectivity index (χ1n) is 2.34. The first-order valence-corrected chi connectivity index (χ1v) is 4.61. The first kappa shape index (κ1) is 8.67. The summed E-state index contributed by atoms with van der Waals surface area (Å²) >= 11 is 8.45. The van der Waals surface area contributed by atoms with Crippen LogP contribution in [0.3, 0.4) is 0 Å². The van der Waals surface area contributed by atoms with Crippen LogP contribution in [0.1, 0.15) is 11.3 Å². The van der Waals surface area contributed by atoms with Crippen molar-refractivity contribution in [2.24, 2.45) is 0 Å². The van der Waals surface area contributed by atoms with Crippen molar-refractivity contribution in [2.75, 3.05) is 0 Å². The predicted octanol–water partition coefficient (Wildman–Crippen LogP) is 3.94. The molecule has 0 saturated heterocycles. The maximum absolute atomic E-state index is 12.0. The number of halogens is 4. The van der Waals surface area contributed by atoms with E-state index in [4.69, 9.17) is 11.6 Å². The molecule has 0 spiro atoms. The number of rotatable bonds is 1. The van der Waals surface area contributed by atoms with Gasteiger partial charge in [0.1, 0.15) is 0 Å². The van der Waals surface area contributed by atoms with Crippen molar-refractivity contribution in [3.8, 4) is 0 Å². The Morgan fingerprint density at radius 2 is 2.20 bits per heavy atom. The normalized spacial score (nSPS) is 10.9. The monoisotopic (exact) mass is 294 g/mol. The van der Waals surface area contributed by atoms with Crippen LogP contribution in [-0.4, -0.2) is 0 Å². The van der Waals surface area contributed by atoms with E-state index in [1.807, 2.05) is 22.6 Å². The van der Waals surface area contributed by atoms with Gasteiger partial charge in [-0.05, 0) is 28.7 Å². The highest BCUT2D eigenvalue weighted by atomic mass is 127. The molecule has 5 heteroatoms. The van der Waals surface area contributed by atoms with Gasteiger partial charge in [-0.3, -0.25) is 0 Å². The summed E-state index contributed by atoms with van der Waals surface area (Å²) < 4.78 is 24.7. The quantitative estimate of drug-likeness (QED) is 0.688. The molecule has 0 atom stereocenters. The van der Waals surface area contributed by atoms with Gasteiger partial charge >= 0.3 is 0 Å². The predicted molar refractivity (Wildman–Crippen MR) is 47.0 cm³/mol. The standard InChI is InChI=1S/C5H2ClF2IS/c6-2-1-3(9)10-4(2)5(7)8/h1,5H. The van der Waals surface area contributed by atoms with Crippen LogP contribution in [0.2, 0.25) is 5.02 Å². The molecule has 0 aromatic carbocycles. The molecule has 1 rings (SSSR count). The van der Waals surface area contributed by atoms with Crippen LogP contribution in [0, 0.1) is 2.88 Å². The fraction of sp³-hybridized carbons (Fsp3) is 0.200. The SMILES string of the molecule is FC(F)c1sc(I)cc1Cl. The van der Waals surface area contributed by atoms with Crippen LogP contribution in [0.25, 0.3) is 0 Å². The maximum Gasteiger partial charge on any atom is 0.274 e. The molecule has 1 aromatic heterocycles. The van der Waals surface area contributed by atoms with Gasteiger partial charge in [-0.2, -0.15) is 0 Å². The number of alkyl halides is 2. The van der Waals surface area contributed by atoms with E-state index in [1.165, 1.54) is 6.07 Å². The number of thiophene rings is 1. The molecule has 0 aliphatic heterocycles. The van der Waals surface area contributed by atoms with Crippen LogP contribution in [-0.2, 0) is 0 Å². The summed E-state index contributed by atoms with van der Waals surface area (Å²) in [5, 5.41) is 0.171. The van der Waals surface area contributed by atoms with Crippen molar-refractivity contribution in [1.82, 2.24) is 0 Å². The molecule has 0 aliphatic rings. The molecule has 0 unspecified atom stereocenters. The van der Waals surface area contributed by atoms with Gasteiger partial charge in [0.25, 0.3) is 6.43 Å². The Bertz CT molecular complexity index is 236. The van der Waals surface area contributed by atoms with Gasteiger partial charge in [0.05, 0.1) is 12.8 Å². The molecule has 0 bridgehead atoms. The van der Waals surface area contributed by atoms with E-state index in [0.29, 0.717) is 0 Å². The van der Waals surface area contributed by atoms with Gasteiger partial charge in [-0.1, -0.05) is 11.6 Å². The van der Waals surface area contributed by atoms with E-state index in [1.54, 1.807) is 0 Å². The molecule has 0 aliphatic carbocycles. The van der Waals surface area contributed by atoms with Crippen molar-refractivity contribution in [2.45, 2.75) is 6.43 Å². The van der Waals surface area contributed by atoms with E-state index in [0.717, 1.165) is 14.2 Å². The lowest BCUT2D eigenvalue weighted by Crippen LogP contribution is -1.75. The van der Waals surface area contributed by atoms with Crippen LogP contribution in [0.4, 0.5) is 8.78 Å². The van der Waals surface area contributed by atoms with Crippen LogP contribution < -0.4 is 0 Å². The summed E-state index contributed by atoms with van der Waals surface area (Å²) in [6.45, 7) is 0. The zero-order chi connectivity index (χ0) is 7.72. The summed E-state index contributed by atoms with van der Waals surface area (Å²) in [5.74, 6) is 0. The van der Waals surface area contributed by atoms with Crippen molar-refractivity contribution >= 4 is 45.5 Å².